The van der Waals surface area contributed by atoms with Gasteiger partial charge < -0.3 is 24.6 Å². The van der Waals surface area contributed by atoms with E-state index in [9.17, 15) is 5.11 Å². The van der Waals surface area contributed by atoms with Gasteiger partial charge in [-0.15, -0.1) is 0 Å². The number of anilines is 1. The van der Waals surface area contributed by atoms with Crippen LogP contribution >= 0.6 is 0 Å². The monoisotopic (exact) mass is 338 g/mol. The molecular formula is C19H18N2O4. The zero-order valence-corrected chi connectivity index (χ0v) is 13.6. The van der Waals surface area contributed by atoms with Crippen LogP contribution in [-0.4, -0.2) is 43.9 Å². The highest BCUT2D eigenvalue weighted by molar-refractivity contribution is 6.13. The highest BCUT2D eigenvalue weighted by Crippen LogP contribution is 2.53. The third-order valence-electron chi connectivity index (χ3n) is 4.96. The van der Waals surface area contributed by atoms with Gasteiger partial charge in [-0.1, -0.05) is 18.2 Å². The lowest BCUT2D eigenvalue weighted by molar-refractivity contribution is 0.171. The van der Waals surface area contributed by atoms with Crippen molar-refractivity contribution in [3.63, 3.8) is 0 Å². The molecule has 0 saturated carbocycles. The van der Waals surface area contributed by atoms with Crippen molar-refractivity contribution >= 4 is 11.5 Å². The first-order valence-corrected chi connectivity index (χ1v) is 8.42. The van der Waals surface area contributed by atoms with Crippen molar-refractivity contribution in [1.29, 1.82) is 0 Å². The second kappa shape index (κ2) is 5.39. The maximum Gasteiger partial charge on any atom is 0.165 e. The number of hydrogen-bond donors (Lipinski definition) is 2. The SMILES string of the molecule is OCCN=C1Nc2ccccc2C12COc1cc3c(cc12)OCCO3. The van der Waals surface area contributed by atoms with Gasteiger partial charge in [-0.05, 0) is 17.7 Å². The largest absolute Gasteiger partial charge is 0.491 e. The van der Waals surface area contributed by atoms with E-state index >= 15 is 0 Å². The quantitative estimate of drug-likeness (QED) is 0.876. The van der Waals surface area contributed by atoms with Crippen LogP contribution in [0.5, 0.6) is 17.2 Å². The van der Waals surface area contributed by atoms with E-state index in [1.54, 1.807) is 0 Å². The fourth-order valence-electron chi connectivity index (χ4n) is 3.87. The summed E-state index contributed by atoms with van der Waals surface area (Å²) in [5, 5.41) is 12.6. The smallest absolute Gasteiger partial charge is 0.165 e. The van der Waals surface area contributed by atoms with Gasteiger partial charge in [0.2, 0.25) is 0 Å². The summed E-state index contributed by atoms with van der Waals surface area (Å²) in [5.41, 5.74) is 2.66. The number of aliphatic imine (C=N–C) groups is 1. The third-order valence-corrected chi connectivity index (χ3v) is 4.96. The van der Waals surface area contributed by atoms with Crippen molar-refractivity contribution in [3.05, 3.63) is 47.5 Å². The molecule has 1 unspecified atom stereocenters. The number of rotatable bonds is 2. The van der Waals surface area contributed by atoms with Crippen molar-refractivity contribution in [1.82, 2.24) is 0 Å². The van der Waals surface area contributed by atoms with Gasteiger partial charge in [-0.2, -0.15) is 0 Å². The molecule has 0 amide bonds. The number of fused-ring (bicyclic) bond motifs is 5. The van der Waals surface area contributed by atoms with Gasteiger partial charge in [0.05, 0.1) is 13.2 Å². The minimum absolute atomic E-state index is 0.00641. The van der Waals surface area contributed by atoms with Gasteiger partial charge >= 0.3 is 0 Å². The van der Waals surface area contributed by atoms with Crippen molar-refractivity contribution in [2.75, 3.05) is 38.3 Å². The van der Waals surface area contributed by atoms with E-state index in [0.29, 0.717) is 26.4 Å². The molecule has 128 valence electrons. The zero-order valence-electron chi connectivity index (χ0n) is 13.6. The number of nitrogens with zero attached hydrogens (tertiary/aromatic N) is 1. The molecule has 3 aliphatic rings. The Labute approximate surface area is 145 Å². The van der Waals surface area contributed by atoms with E-state index in [2.05, 4.69) is 16.4 Å². The number of nitrogens with one attached hydrogen (secondary N) is 1. The highest BCUT2D eigenvalue weighted by atomic mass is 16.6. The highest BCUT2D eigenvalue weighted by Gasteiger charge is 2.52. The Morgan fingerprint density at radius 3 is 2.64 bits per heavy atom. The van der Waals surface area contributed by atoms with Crippen molar-refractivity contribution in [2.24, 2.45) is 4.99 Å². The van der Waals surface area contributed by atoms with Gasteiger partial charge in [0, 0.05) is 17.3 Å². The Hall–Kier alpha value is -2.73. The average Bonchev–Trinajstić information content (AvgIpc) is 3.18. The van der Waals surface area contributed by atoms with Gasteiger partial charge in [0.1, 0.15) is 36.8 Å². The first-order chi connectivity index (χ1) is 12.3. The maximum absolute atomic E-state index is 9.23. The van der Waals surface area contributed by atoms with Crippen LogP contribution in [0.2, 0.25) is 0 Å². The zero-order chi connectivity index (χ0) is 16.9. The van der Waals surface area contributed by atoms with E-state index < -0.39 is 5.41 Å². The molecule has 1 spiro atoms. The standard InChI is InChI=1S/C19H18N2O4/c22-6-5-20-18-19(12-3-1-2-4-14(12)21-18)11-25-15-10-17-16(9-13(15)19)23-7-8-24-17/h1-4,9-10,22H,5-8,11H2,(H,20,21). The normalized spacial score (nSPS) is 24.0. The molecule has 3 heterocycles. The van der Waals surface area contributed by atoms with Crippen LogP contribution in [-0.2, 0) is 5.41 Å². The first kappa shape index (κ1) is 14.6. The average molecular weight is 338 g/mol. The molecule has 6 nitrogen and oxygen atoms in total. The number of aliphatic hydroxyl groups excluding tert-OH is 1. The molecule has 0 aromatic heterocycles. The molecular weight excluding hydrogens is 320 g/mol. The van der Waals surface area contributed by atoms with Crippen LogP contribution in [0.15, 0.2) is 41.4 Å². The summed E-state index contributed by atoms with van der Waals surface area (Å²) in [6.45, 7) is 1.90. The summed E-state index contributed by atoms with van der Waals surface area (Å²) in [4.78, 5) is 4.61. The lowest BCUT2D eigenvalue weighted by Crippen LogP contribution is -2.38. The van der Waals surface area contributed by atoms with Crippen LogP contribution < -0.4 is 19.5 Å². The maximum atomic E-state index is 9.23. The molecule has 2 aromatic rings. The summed E-state index contributed by atoms with van der Waals surface area (Å²) in [5.74, 6) is 3.05. The lowest BCUT2D eigenvalue weighted by Gasteiger charge is -2.25. The molecule has 0 aliphatic carbocycles. The number of amidine groups is 1. The van der Waals surface area contributed by atoms with Gasteiger partial charge in [0.15, 0.2) is 11.5 Å². The predicted octanol–water partition coefficient (Wildman–Crippen LogP) is 1.95. The van der Waals surface area contributed by atoms with E-state index in [-0.39, 0.29) is 6.61 Å². The second-order valence-corrected chi connectivity index (χ2v) is 6.31. The van der Waals surface area contributed by atoms with E-state index in [1.807, 2.05) is 30.3 Å². The summed E-state index contributed by atoms with van der Waals surface area (Å²) in [6, 6.07) is 12.1. The summed E-state index contributed by atoms with van der Waals surface area (Å²) < 4.78 is 17.5. The molecule has 0 radical (unpaired) electrons. The molecule has 2 N–H and O–H groups in total. The molecule has 3 aliphatic heterocycles. The summed E-state index contributed by atoms with van der Waals surface area (Å²) in [7, 11) is 0. The Morgan fingerprint density at radius 2 is 1.80 bits per heavy atom. The topological polar surface area (TPSA) is 72.3 Å². The summed E-state index contributed by atoms with van der Waals surface area (Å²) in [6.07, 6.45) is 0. The van der Waals surface area contributed by atoms with E-state index in [0.717, 1.165) is 39.9 Å². The molecule has 6 heteroatoms. The number of ether oxygens (including phenoxy) is 3. The Bertz CT molecular complexity index is 880. The van der Waals surface area contributed by atoms with Gasteiger partial charge in [0.25, 0.3) is 0 Å². The van der Waals surface area contributed by atoms with Gasteiger partial charge in [-0.25, -0.2) is 0 Å². The molecule has 0 bridgehead atoms. The van der Waals surface area contributed by atoms with Crippen molar-refractivity contribution in [2.45, 2.75) is 5.41 Å². The van der Waals surface area contributed by atoms with E-state index in [1.165, 1.54) is 0 Å². The number of benzene rings is 2. The Morgan fingerprint density at radius 1 is 1.00 bits per heavy atom. The van der Waals surface area contributed by atoms with Crippen molar-refractivity contribution < 1.29 is 19.3 Å². The first-order valence-electron chi connectivity index (χ1n) is 8.42. The minimum atomic E-state index is -0.503. The third kappa shape index (κ3) is 1.97. The molecule has 0 fully saturated rings. The van der Waals surface area contributed by atoms with Crippen LogP contribution in [0, 0.1) is 0 Å². The fourth-order valence-corrected chi connectivity index (χ4v) is 3.87. The Kier molecular flexibility index (Phi) is 3.15. The molecule has 0 saturated heterocycles. The molecule has 2 aromatic carbocycles. The van der Waals surface area contributed by atoms with E-state index in [4.69, 9.17) is 14.2 Å². The number of aliphatic hydroxyl groups is 1. The van der Waals surface area contributed by atoms with Crippen LogP contribution in [0.4, 0.5) is 5.69 Å². The van der Waals surface area contributed by atoms with Crippen molar-refractivity contribution in [3.8, 4) is 17.2 Å². The number of para-hydroxylation sites is 1. The van der Waals surface area contributed by atoms with Gasteiger partial charge in [-0.3, -0.25) is 4.99 Å². The molecule has 5 rings (SSSR count). The van der Waals surface area contributed by atoms with Crippen LogP contribution in [0.3, 0.4) is 0 Å². The Balaban J connectivity index is 1.73. The minimum Gasteiger partial charge on any atom is -0.491 e. The van der Waals surface area contributed by atoms with Crippen LogP contribution in [0.1, 0.15) is 11.1 Å². The lowest BCUT2D eigenvalue weighted by atomic mass is 9.76. The fraction of sp³-hybridized carbons (Fsp3) is 0.316. The summed E-state index contributed by atoms with van der Waals surface area (Å²) >= 11 is 0. The number of hydrogen-bond acceptors (Lipinski definition) is 5. The molecule has 25 heavy (non-hydrogen) atoms. The predicted molar refractivity (Wildman–Crippen MR) is 93.2 cm³/mol. The van der Waals surface area contributed by atoms with Crippen LogP contribution in [0.25, 0.3) is 0 Å². The second-order valence-electron chi connectivity index (χ2n) is 6.31. The molecule has 1 atom stereocenters.